The first-order chi connectivity index (χ1) is 16.2. The molecule has 2 fully saturated rings. The number of nitrogens with one attached hydrogen (secondary N) is 1. The molecule has 10 heteroatoms. The van der Waals surface area contributed by atoms with Crippen molar-refractivity contribution in [3.05, 3.63) is 59.7 Å². The summed E-state index contributed by atoms with van der Waals surface area (Å²) in [5.41, 5.74) is 0.525. The van der Waals surface area contributed by atoms with E-state index in [1.807, 2.05) is 4.90 Å². The Bertz CT molecular complexity index is 1080. The van der Waals surface area contributed by atoms with Crippen LogP contribution in [-0.4, -0.2) is 56.6 Å². The monoisotopic (exact) mass is 476 g/mol. The molecule has 0 spiro atoms. The molecule has 0 aromatic heterocycles. The molecule has 34 heavy (non-hydrogen) atoms. The van der Waals surface area contributed by atoms with Gasteiger partial charge in [-0.1, -0.05) is 6.07 Å². The number of carbonyl (C=O) groups is 3. The maximum absolute atomic E-state index is 13.1. The Balaban J connectivity index is 1.41. The van der Waals surface area contributed by atoms with Gasteiger partial charge in [0.1, 0.15) is 0 Å². The lowest BCUT2D eigenvalue weighted by atomic mass is 10.1. The molecule has 2 aromatic rings. The van der Waals surface area contributed by atoms with Gasteiger partial charge < -0.3 is 14.5 Å². The first-order valence-electron chi connectivity index (χ1n) is 11.1. The van der Waals surface area contributed by atoms with E-state index >= 15 is 0 Å². The molecule has 2 aliphatic rings. The van der Waals surface area contributed by atoms with E-state index in [-0.39, 0.29) is 24.8 Å². The van der Waals surface area contributed by atoms with Crippen LogP contribution in [0.15, 0.2) is 48.5 Å². The molecule has 180 valence electrons. The van der Waals surface area contributed by atoms with Crippen LogP contribution in [0.1, 0.15) is 29.3 Å². The second kappa shape index (κ2) is 9.46. The highest BCUT2D eigenvalue weighted by Crippen LogP contribution is 2.31. The van der Waals surface area contributed by atoms with Crippen LogP contribution < -0.4 is 14.7 Å². The number of anilines is 2. The van der Waals surface area contributed by atoms with E-state index in [9.17, 15) is 27.6 Å². The van der Waals surface area contributed by atoms with E-state index in [0.717, 1.165) is 21.9 Å². The molecule has 0 radical (unpaired) electrons. The molecule has 2 aromatic carbocycles. The van der Waals surface area contributed by atoms with Gasteiger partial charge in [0, 0.05) is 5.69 Å². The van der Waals surface area contributed by atoms with Crippen LogP contribution >= 0.6 is 0 Å². The minimum atomic E-state index is -4.41. The quantitative estimate of drug-likeness (QED) is 0.528. The molecule has 2 amide bonds. The van der Waals surface area contributed by atoms with E-state index < -0.39 is 23.8 Å². The fraction of sp³-hybridized carbons (Fsp3) is 0.375. The average molecular weight is 476 g/mol. The molecular formula is C24H25F3N3O4+. The van der Waals surface area contributed by atoms with E-state index in [2.05, 4.69) is 0 Å². The number of nitrogens with zero attached hydrogens (tertiary/aromatic N) is 2. The highest BCUT2D eigenvalue weighted by Gasteiger charge is 2.46. The zero-order valence-electron chi connectivity index (χ0n) is 18.6. The van der Waals surface area contributed by atoms with Crippen LogP contribution in [0, 0.1) is 0 Å². The zero-order valence-corrected chi connectivity index (χ0v) is 18.6. The third kappa shape index (κ3) is 4.77. The van der Waals surface area contributed by atoms with Crippen molar-refractivity contribution in [2.24, 2.45) is 0 Å². The Labute approximate surface area is 194 Å². The number of piperazine rings is 1. The second-order valence-electron chi connectivity index (χ2n) is 8.28. The van der Waals surface area contributed by atoms with Crippen molar-refractivity contribution < 1.29 is 37.2 Å². The first-order valence-corrected chi connectivity index (χ1v) is 11.1. The smallest absolute Gasteiger partial charge is 0.416 e. The van der Waals surface area contributed by atoms with E-state index in [0.29, 0.717) is 43.1 Å². The SMILES string of the molecule is CCOC(=O)c1ccc(N2C(=O)C[C@@H]([NH+]3CCN(c4cccc(C(F)(F)F)c4)CC3)C2=O)cc1. The summed E-state index contributed by atoms with van der Waals surface area (Å²) in [6, 6.07) is 10.8. The van der Waals surface area contributed by atoms with Gasteiger partial charge in [0.2, 0.25) is 5.91 Å². The summed E-state index contributed by atoms with van der Waals surface area (Å²) in [5.74, 6) is -1.10. The molecule has 4 rings (SSSR count). The molecule has 0 aliphatic carbocycles. The van der Waals surface area contributed by atoms with Gasteiger partial charge in [-0.05, 0) is 49.4 Å². The topological polar surface area (TPSA) is 71.4 Å². The van der Waals surface area contributed by atoms with Crippen LogP contribution in [0.2, 0.25) is 0 Å². The Hall–Kier alpha value is -3.40. The van der Waals surface area contributed by atoms with E-state index in [1.54, 1.807) is 25.1 Å². The molecule has 2 saturated heterocycles. The molecule has 2 aliphatic heterocycles. The number of rotatable bonds is 5. The third-order valence-electron chi connectivity index (χ3n) is 6.22. The van der Waals surface area contributed by atoms with Crippen LogP contribution in [0.5, 0.6) is 0 Å². The van der Waals surface area contributed by atoms with E-state index in [1.165, 1.54) is 18.2 Å². The standard InChI is InChI=1S/C24H24F3N3O4/c1-2-34-23(33)16-6-8-18(9-7-16)30-21(31)15-20(22(30)32)29-12-10-28(11-13-29)19-5-3-4-17(14-19)24(25,26)27/h3-9,14,20H,2,10-13,15H2,1H3/p+1/t20-/m1/s1. The van der Waals surface area contributed by atoms with Gasteiger partial charge in [-0.15, -0.1) is 0 Å². The number of esters is 1. The number of ether oxygens (including phenoxy) is 1. The lowest BCUT2D eigenvalue weighted by Gasteiger charge is -2.35. The fourth-order valence-electron chi connectivity index (χ4n) is 4.46. The highest BCUT2D eigenvalue weighted by molar-refractivity contribution is 6.22. The van der Waals surface area contributed by atoms with Crippen molar-refractivity contribution in [1.82, 2.24) is 0 Å². The molecule has 7 nitrogen and oxygen atoms in total. The number of hydrogen-bond acceptors (Lipinski definition) is 5. The van der Waals surface area contributed by atoms with Crippen molar-refractivity contribution in [2.75, 3.05) is 42.6 Å². The predicted octanol–water partition coefficient (Wildman–Crippen LogP) is 1.92. The van der Waals surface area contributed by atoms with Crippen molar-refractivity contribution in [3.8, 4) is 0 Å². The lowest BCUT2D eigenvalue weighted by Crippen LogP contribution is -3.19. The number of halogens is 3. The molecule has 1 N–H and O–H groups in total. The normalized spacial score (nSPS) is 19.6. The van der Waals surface area contributed by atoms with Crippen LogP contribution in [0.25, 0.3) is 0 Å². The number of alkyl halides is 3. The van der Waals surface area contributed by atoms with Gasteiger partial charge in [0.05, 0.1) is 56.0 Å². The van der Waals surface area contributed by atoms with E-state index in [4.69, 9.17) is 4.74 Å². The Morgan fingerprint density at radius 1 is 1.06 bits per heavy atom. The Kier molecular flexibility index (Phi) is 6.60. The van der Waals surface area contributed by atoms with Gasteiger partial charge in [-0.3, -0.25) is 9.59 Å². The van der Waals surface area contributed by atoms with Crippen molar-refractivity contribution in [2.45, 2.75) is 25.6 Å². The number of benzene rings is 2. The zero-order chi connectivity index (χ0) is 24.5. The molecule has 0 bridgehead atoms. The average Bonchev–Trinajstić information content (AvgIpc) is 3.12. The highest BCUT2D eigenvalue weighted by atomic mass is 19.4. The van der Waals surface area contributed by atoms with Gasteiger partial charge >= 0.3 is 12.1 Å². The van der Waals surface area contributed by atoms with Gasteiger partial charge in [0.25, 0.3) is 5.91 Å². The molecular weight excluding hydrogens is 451 g/mol. The summed E-state index contributed by atoms with van der Waals surface area (Å²) in [5, 5.41) is 0. The molecule has 2 heterocycles. The summed E-state index contributed by atoms with van der Waals surface area (Å²) in [7, 11) is 0. The van der Waals surface area contributed by atoms with Crippen LogP contribution in [0.3, 0.4) is 0 Å². The third-order valence-corrected chi connectivity index (χ3v) is 6.22. The summed E-state index contributed by atoms with van der Waals surface area (Å²) < 4.78 is 44.0. The Morgan fingerprint density at radius 2 is 1.74 bits per heavy atom. The number of hydrogen-bond donors (Lipinski definition) is 1. The summed E-state index contributed by atoms with van der Waals surface area (Å²) in [4.78, 5) is 41.5. The number of amides is 2. The minimum absolute atomic E-state index is 0.0668. The van der Waals surface area contributed by atoms with Gasteiger partial charge in [-0.25, -0.2) is 9.69 Å². The fourth-order valence-corrected chi connectivity index (χ4v) is 4.46. The van der Waals surface area contributed by atoms with Crippen LogP contribution in [-0.2, 0) is 20.5 Å². The van der Waals surface area contributed by atoms with Gasteiger partial charge in [-0.2, -0.15) is 13.2 Å². The number of imide groups is 1. The van der Waals surface area contributed by atoms with Crippen LogP contribution in [0.4, 0.5) is 24.5 Å². The predicted molar refractivity (Wildman–Crippen MR) is 118 cm³/mol. The van der Waals surface area contributed by atoms with Gasteiger partial charge in [0.15, 0.2) is 6.04 Å². The molecule has 0 unspecified atom stereocenters. The van der Waals surface area contributed by atoms with Crippen molar-refractivity contribution in [1.29, 1.82) is 0 Å². The maximum atomic E-state index is 13.1. The number of quaternary nitrogens is 1. The van der Waals surface area contributed by atoms with Crippen molar-refractivity contribution in [3.63, 3.8) is 0 Å². The number of carbonyl (C=O) groups excluding carboxylic acids is 3. The lowest BCUT2D eigenvalue weighted by molar-refractivity contribution is -0.915. The second-order valence-corrected chi connectivity index (χ2v) is 8.28. The summed E-state index contributed by atoms with van der Waals surface area (Å²) in [6.07, 6.45) is -4.34. The van der Waals surface area contributed by atoms with Crippen molar-refractivity contribution >= 4 is 29.2 Å². The molecule has 0 saturated carbocycles. The summed E-state index contributed by atoms with van der Waals surface area (Å²) >= 11 is 0. The summed E-state index contributed by atoms with van der Waals surface area (Å²) in [6.45, 7) is 3.95. The Morgan fingerprint density at radius 3 is 2.35 bits per heavy atom. The largest absolute Gasteiger partial charge is 0.462 e. The first kappa shape index (κ1) is 23.7. The maximum Gasteiger partial charge on any atom is 0.416 e. The minimum Gasteiger partial charge on any atom is -0.462 e. The molecule has 1 atom stereocenters.